The van der Waals surface area contributed by atoms with Crippen LogP contribution in [0.3, 0.4) is 0 Å². The molecule has 0 aromatic rings. The molecule has 0 saturated heterocycles. The minimum absolute atomic E-state index is 0.0180. The van der Waals surface area contributed by atoms with E-state index in [1.54, 1.807) is 6.08 Å². The Kier molecular flexibility index (Phi) is 70.4. The second kappa shape index (κ2) is 71.8. The van der Waals surface area contributed by atoms with Gasteiger partial charge < -0.3 is 20.3 Å². The number of allylic oxidation sites excluding steroid dienone is 3. The Morgan fingerprint density at radius 1 is 0.329 bits per heavy atom. The van der Waals surface area contributed by atoms with Crippen LogP contribution in [-0.4, -0.2) is 47.4 Å². The lowest BCUT2D eigenvalue weighted by Crippen LogP contribution is -2.45. The fourth-order valence-electron chi connectivity index (χ4n) is 12.0. The molecule has 82 heavy (non-hydrogen) atoms. The Bertz CT molecular complexity index is 1280. The molecule has 0 aliphatic rings. The highest BCUT2D eigenvalue weighted by Crippen LogP contribution is 2.19. The lowest BCUT2D eigenvalue weighted by molar-refractivity contribution is -0.143. The van der Waals surface area contributed by atoms with Crippen molar-refractivity contribution in [3.63, 3.8) is 0 Å². The molecule has 0 saturated carbocycles. The van der Waals surface area contributed by atoms with Crippen LogP contribution in [0.15, 0.2) is 24.3 Å². The van der Waals surface area contributed by atoms with Gasteiger partial charge in [0, 0.05) is 12.8 Å². The van der Waals surface area contributed by atoms with E-state index < -0.39 is 12.1 Å². The van der Waals surface area contributed by atoms with Gasteiger partial charge in [0.15, 0.2) is 0 Å². The number of ether oxygens (including phenoxy) is 1. The third-order valence-electron chi connectivity index (χ3n) is 17.7. The van der Waals surface area contributed by atoms with Crippen molar-refractivity contribution in [2.75, 3.05) is 13.2 Å². The van der Waals surface area contributed by atoms with Crippen LogP contribution in [0.1, 0.15) is 425 Å². The quantitative estimate of drug-likeness (QED) is 0.0320. The second-order valence-electron chi connectivity index (χ2n) is 26.0. The van der Waals surface area contributed by atoms with Crippen molar-refractivity contribution in [3.8, 4) is 0 Å². The van der Waals surface area contributed by atoms with E-state index >= 15 is 0 Å². The lowest BCUT2D eigenvalue weighted by atomic mass is 10.0. The zero-order valence-corrected chi connectivity index (χ0v) is 55.8. The van der Waals surface area contributed by atoms with Crippen LogP contribution in [0.4, 0.5) is 0 Å². The number of carbonyl (C=O) groups is 2. The van der Waals surface area contributed by atoms with E-state index in [1.807, 2.05) is 6.08 Å². The zero-order chi connectivity index (χ0) is 59.2. The molecule has 0 heterocycles. The molecular weight excluding hydrogens is 1010 g/mol. The average molecular weight is 1160 g/mol. The zero-order valence-electron chi connectivity index (χ0n) is 55.8. The van der Waals surface area contributed by atoms with E-state index in [0.717, 1.165) is 38.5 Å². The van der Waals surface area contributed by atoms with Crippen molar-refractivity contribution in [2.24, 2.45) is 0 Å². The summed E-state index contributed by atoms with van der Waals surface area (Å²) in [6, 6.07) is -0.631. The summed E-state index contributed by atoms with van der Waals surface area (Å²) in [5.74, 6) is -0.0483. The van der Waals surface area contributed by atoms with Gasteiger partial charge in [0.2, 0.25) is 5.91 Å². The Hall–Kier alpha value is -1.66. The maximum absolute atomic E-state index is 12.5. The standard InChI is InChI=1S/C76H147NO5/c1-3-5-7-9-11-13-15-17-19-21-22-23-27-30-33-37-40-44-48-52-56-60-64-68-74(79)73(72-78)77-75(80)69-65-61-57-53-49-45-41-38-34-31-28-25-24-26-29-32-35-39-43-47-51-55-59-63-67-71-82-76(81)70-66-62-58-54-50-46-42-36-20-18-16-14-12-10-8-6-4-2/h25,28,64,68,73-74,78-79H,3-24,26-27,29-63,65-67,69-72H2,1-2H3,(H,77,80)/b28-25-,68-64+. The molecule has 0 radical (unpaired) electrons. The molecule has 6 nitrogen and oxygen atoms in total. The third kappa shape index (κ3) is 67.5. The number of rotatable bonds is 71. The molecule has 0 bridgehead atoms. The molecule has 486 valence electrons. The highest BCUT2D eigenvalue weighted by Gasteiger charge is 2.18. The first-order valence-electron chi connectivity index (χ1n) is 37.6. The van der Waals surface area contributed by atoms with Gasteiger partial charge in [-0.25, -0.2) is 0 Å². The second-order valence-corrected chi connectivity index (χ2v) is 26.0. The summed E-state index contributed by atoms with van der Waals surface area (Å²) in [7, 11) is 0. The van der Waals surface area contributed by atoms with Gasteiger partial charge in [0.05, 0.1) is 25.4 Å². The molecule has 6 heteroatoms. The van der Waals surface area contributed by atoms with Crippen LogP contribution in [-0.2, 0) is 14.3 Å². The summed E-state index contributed by atoms with van der Waals surface area (Å²) >= 11 is 0. The van der Waals surface area contributed by atoms with Crippen molar-refractivity contribution in [1.29, 1.82) is 0 Å². The summed E-state index contributed by atoms with van der Waals surface area (Å²) in [5.41, 5.74) is 0. The molecule has 0 rings (SSSR count). The van der Waals surface area contributed by atoms with Gasteiger partial charge in [-0.3, -0.25) is 9.59 Å². The normalized spacial score (nSPS) is 12.6. The smallest absolute Gasteiger partial charge is 0.305 e. The number of unbranched alkanes of at least 4 members (excludes halogenated alkanes) is 58. The first kappa shape index (κ1) is 80.3. The average Bonchev–Trinajstić information content (AvgIpc) is 3.48. The summed E-state index contributed by atoms with van der Waals surface area (Å²) < 4.78 is 5.51. The molecule has 0 aromatic heterocycles. The van der Waals surface area contributed by atoms with E-state index in [-0.39, 0.29) is 18.5 Å². The third-order valence-corrected chi connectivity index (χ3v) is 17.7. The lowest BCUT2D eigenvalue weighted by Gasteiger charge is -2.20. The molecule has 1 amide bonds. The Labute approximate surface area is 513 Å². The minimum Gasteiger partial charge on any atom is -0.466 e. The summed E-state index contributed by atoms with van der Waals surface area (Å²) in [5, 5.41) is 23.3. The molecule has 2 unspecified atom stereocenters. The van der Waals surface area contributed by atoms with Gasteiger partial charge in [-0.1, -0.05) is 378 Å². The van der Waals surface area contributed by atoms with E-state index in [2.05, 4.69) is 31.3 Å². The van der Waals surface area contributed by atoms with Crippen molar-refractivity contribution < 1.29 is 24.5 Å². The van der Waals surface area contributed by atoms with Gasteiger partial charge in [-0.05, 0) is 57.8 Å². The number of hydrogen-bond acceptors (Lipinski definition) is 5. The van der Waals surface area contributed by atoms with Gasteiger partial charge in [-0.15, -0.1) is 0 Å². The SMILES string of the molecule is CCCCCCCCCCCCCCCCCCCCCCC/C=C/C(O)C(CO)NC(=O)CCCCCCCCCCC/C=C\CCCCCCCCCCCCCCOC(=O)CCCCCCCCCCCCCCCCCCC. The van der Waals surface area contributed by atoms with Gasteiger partial charge in [0.1, 0.15) is 0 Å². The van der Waals surface area contributed by atoms with E-state index in [4.69, 9.17) is 4.74 Å². The number of amides is 1. The number of hydrogen-bond donors (Lipinski definition) is 3. The van der Waals surface area contributed by atoms with Crippen LogP contribution < -0.4 is 5.32 Å². The predicted molar refractivity (Wildman–Crippen MR) is 361 cm³/mol. The highest BCUT2D eigenvalue weighted by atomic mass is 16.5. The number of aliphatic hydroxyl groups is 2. The van der Waals surface area contributed by atoms with Crippen LogP contribution in [0.2, 0.25) is 0 Å². The molecule has 2 atom stereocenters. The molecule has 0 fully saturated rings. The number of aliphatic hydroxyl groups excluding tert-OH is 2. The molecule has 0 aliphatic heterocycles. The fourth-order valence-corrected chi connectivity index (χ4v) is 12.0. The highest BCUT2D eigenvalue weighted by molar-refractivity contribution is 5.76. The Balaban J connectivity index is 3.41. The van der Waals surface area contributed by atoms with Gasteiger partial charge >= 0.3 is 5.97 Å². The minimum atomic E-state index is -0.848. The maximum Gasteiger partial charge on any atom is 0.305 e. The topological polar surface area (TPSA) is 95.9 Å². The number of esters is 1. The summed E-state index contributed by atoms with van der Waals surface area (Å²) in [4.78, 5) is 24.6. The first-order chi connectivity index (χ1) is 40.5. The molecule has 3 N–H and O–H groups in total. The van der Waals surface area contributed by atoms with E-state index in [0.29, 0.717) is 19.4 Å². The van der Waals surface area contributed by atoms with Crippen LogP contribution in [0.5, 0.6) is 0 Å². The van der Waals surface area contributed by atoms with Crippen molar-refractivity contribution in [1.82, 2.24) is 5.32 Å². The van der Waals surface area contributed by atoms with Gasteiger partial charge in [-0.2, -0.15) is 0 Å². The van der Waals surface area contributed by atoms with Crippen molar-refractivity contribution in [3.05, 3.63) is 24.3 Å². The van der Waals surface area contributed by atoms with Gasteiger partial charge in [0.25, 0.3) is 0 Å². The molecule has 0 aliphatic carbocycles. The van der Waals surface area contributed by atoms with E-state index in [9.17, 15) is 19.8 Å². The molecule has 0 aromatic carbocycles. The largest absolute Gasteiger partial charge is 0.466 e. The predicted octanol–water partition coefficient (Wildman–Crippen LogP) is 24.5. The Morgan fingerprint density at radius 3 is 0.866 bits per heavy atom. The number of carbonyl (C=O) groups excluding carboxylic acids is 2. The van der Waals surface area contributed by atoms with Crippen molar-refractivity contribution >= 4 is 11.9 Å². The van der Waals surface area contributed by atoms with Crippen molar-refractivity contribution in [2.45, 2.75) is 437 Å². The Morgan fingerprint density at radius 2 is 0.573 bits per heavy atom. The van der Waals surface area contributed by atoms with Crippen LogP contribution in [0.25, 0.3) is 0 Å². The first-order valence-corrected chi connectivity index (χ1v) is 37.6. The fraction of sp³-hybridized carbons (Fsp3) is 0.921. The van der Waals surface area contributed by atoms with Crippen LogP contribution >= 0.6 is 0 Å². The summed E-state index contributed by atoms with van der Waals surface area (Å²) in [6.45, 7) is 4.95. The number of nitrogens with one attached hydrogen (secondary N) is 1. The van der Waals surface area contributed by atoms with Crippen LogP contribution in [0, 0.1) is 0 Å². The maximum atomic E-state index is 12.5. The molecular formula is C76H147NO5. The monoisotopic (exact) mass is 1150 g/mol. The molecule has 0 spiro atoms. The van der Waals surface area contributed by atoms with E-state index in [1.165, 1.54) is 360 Å². The summed E-state index contributed by atoms with van der Waals surface area (Å²) in [6.07, 6.45) is 91.3.